The molecular weight excluding hydrogens is 517 g/mol. The highest BCUT2D eigenvalue weighted by atomic mass is 32.2. The van der Waals surface area contributed by atoms with Crippen LogP contribution in [-0.2, 0) is 27.4 Å². The van der Waals surface area contributed by atoms with E-state index in [4.69, 9.17) is 9.52 Å². The summed E-state index contributed by atoms with van der Waals surface area (Å²) in [7, 11) is -1.37. The molecular formula is C29H26FN5O3S. The smallest absolute Gasteiger partial charge is 0.247 e. The maximum absolute atomic E-state index is 13.1. The molecule has 0 saturated carbocycles. The quantitative estimate of drug-likeness (QED) is 0.248. The maximum Gasteiger partial charge on any atom is 0.247 e. The summed E-state index contributed by atoms with van der Waals surface area (Å²) in [4.78, 5) is 17.3. The summed E-state index contributed by atoms with van der Waals surface area (Å²) in [5.74, 6) is 0.540. The minimum absolute atomic E-state index is 0.0627. The molecule has 0 aliphatic carbocycles. The molecule has 5 rings (SSSR count). The third-order valence-electron chi connectivity index (χ3n) is 6.20. The van der Waals surface area contributed by atoms with Gasteiger partial charge in [0, 0.05) is 30.9 Å². The number of aromatic nitrogens is 3. The number of halogens is 1. The highest BCUT2D eigenvalue weighted by Crippen LogP contribution is 2.30. The van der Waals surface area contributed by atoms with Crippen LogP contribution in [0.15, 0.2) is 90.0 Å². The number of benzene rings is 3. The van der Waals surface area contributed by atoms with Gasteiger partial charge < -0.3 is 10.1 Å². The normalized spacial score (nSPS) is 12.7. The van der Waals surface area contributed by atoms with Crippen molar-refractivity contribution < 1.29 is 18.1 Å². The highest BCUT2D eigenvalue weighted by molar-refractivity contribution is 7.91. The fourth-order valence-corrected chi connectivity index (χ4v) is 4.84. The summed E-state index contributed by atoms with van der Waals surface area (Å²) in [5.41, 5.74) is 4.82. The highest BCUT2D eigenvalue weighted by Gasteiger charge is 2.13. The van der Waals surface area contributed by atoms with Crippen LogP contribution in [0, 0.1) is 10.6 Å². The fraction of sp³-hybridized carbons (Fsp3) is 0.138. The fourth-order valence-electron chi connectivity index (χ4n) is 4.18. The monoisotopic (exact) mass is 543 g/mol. The van der Waals surface area contributed by atoms with E-state index in [1.165, 1.54) is 25.5 Å². The molecule has 0 spiro atoms. The van der Waals surface area contributed by atoms with Gasteiger partial charge in [0.05, 0.1) is 27.4 Å². The molecule has 2 aromatic heterocycles. The largest absolute Gasteiger partial charge is 0.495 e. The Balaban J connectivity index is 1.29. The van der Waals surface area contributed by atoms with Crippen molar-refractivity contribution in [3.05, 3.63) is 102 Å². The van der Waals surface area contributed by atoms with Gasteiger partial charge in [0.15, 0.2) is 5.65 Å². The number of ether oxygens (including phenoxy) is 1. The lowest BCUT2D eigenvalue weighted by Crippen LogP contribution is -2.06. The molecule has 2 N–H and O–H groups in total. The van der Waals surface area contributed by atoms with Crippen LogP contribution in [0.1, 0.15) is 11.1 Å². The zero-order valence-electron chi connectivity index (χ0n) is 21.3. The van der Waals surface area contributed by atoms with Gasteiger partial charge in [0.25, 0.3) is 0 Å². The van der Waals surface area contributed by atoms with Crippen LogP contribution in [-0.4, -0.2) is 38.0 Å². The summed E-state index contributed by atoms with van der Waals surface area (Å²) in [6, 6.07) is 22.5. The number of anilines is 2. The van der Waals surface area contributed by atoms with Gasteiger partial charge in [-0.2, -0.15) is 4.98 Å². The summed E-state index contributed by atoms with van der Waals surface area (Å²) < 4.78 is 40.0. The van der Waals surface area contributed by atoms with Gasteiger partial charge in [-0.05, 0) is 59.2 Å². The standard InChI is InChI=1S/C29H26FN5O3S/c1-38-27-17-25(39(2,31)37)12-13-26(27)32-29-33-28-14-9-22(18-35(28)34-29)21-7-3-19(4-8-21)15-24(36)16-20-5-10-23(30)11-6-20/h3-14,17-18,31H,15-16H2,1-2H3,(H,32,34). The Hall–Kier alpha value is -4.57. The van der Waals surface area contributed by atoms with Gasteiger partial charge in [-0.1, -0.05) is 36.4 Å². The Morgan fingerprint density at radius 1 is 0.974 bits per heavy atom. The van der Waals surface area contributed by atoms with Crippen LogP contribution >= 0.6 is 0 Å². The molecule has 3 aromatic carbocycles. The number of rotatable bonds is 9. The molecule has 8 nitrogen and oxygen atoms in total. The molecule has 0 aliphatic heterocycles. The molecule has 1 unspecified atom stereocenters. The van der Waals surface area contributed by atoms with Crippen LogP contribution < -0.4 is 10.1 Å². The number of hydrogen-bond donors (Lipinski definition) is 2. The number of methoxy groups -OCH3 is 1. The molecule has 39 heavy (non-hydrogen) atoms. The van der Waals surface area contributed by atoms with Crippen LogP contribution in [0.25, 0.3) is 16.8 Å². The Morgan fingerprint density at radius 2 is 1.62 bits per heavy atom. The van der Waals surface area contributed by atoms with Gasteiger partial charge in [-0.15, -0.1) is 5.10 Å². The number of carbonyl (C=O) groups is 1. The van der Waals surface area contributed by atoms with Crippen molar-refractivity contribution in [2.45, 2.75) is 17.7 Å². The van der Waals surface area contributed by atoms with Crippen molar-refractivity contribution in [2.24, 2.45) is 0 Å². The topological polar surface area (TPSA) is 109 Å². The van der Waals surface area contributed by atoms with Crippen LogP contribution in [0.2, 0.25) is 0 Å². The summed E-state index contributed by atoms with van der Waals surface area (Å²) >= 11 is 0. The maximum atomic E-state index is 13.1. The third kappa shape index (κ3) is 6.12. The molecule has 198 valence electrons. The van der Waals surface area contributed by atoms with E-state index in [9.17, 15) is 13.4 Å². The second-order valence-electron chi connectivity index (χ2n) is 9.20. The van der Waals surface area contributed by atoms with E-state index < -0.39 is 9.73 Å². The Labute approximate surface area is 225 Å². The van der Waals surface area contributed by atoms with Crippen LogP contribution in [0.5, 0.6) is 5.75 Å². The number of Topliss-reactive ketones (excluding diaryl/α,β-unsaturated/α-hetero) is 1. The van der Waals surface area contributed by atoms with Crippen molar-refractivity contribution in [1.82, 2.24) is 14.6 Å². The van der Waals surface area contributed by atoms with Crippen molar-refractivity contribution in [3.8, 4) is 16.9 Å². The summed E-state index contributed by atoms with van der Waals surface area (Å²) in [6.45, 7) is 0. The average Bonchev–Trinajstić information content (AvgIpc) is 3.31. The molecule has 0 fully saturated rings. The molecule has 1 atom stereocenters. The molecule has 0 aliphatic rings. The Kier molecular flexibility index (Phi) is 7.12. The van der Waals surface area contributed by atoms with E-state index >= 15 is 0 Å². The molecule has 10 heteroatoms. The molecule has 5 aromatic rings. The Bertz CT molecular complexity index is 1770. The van der Waals surface area contributed by atoms with Crippen LogP contribution in [0.3, 0.4) is 0 Å². The van der Waals surface area contributed by atoms with Gasteiger partial charge in [0.2, 0.25) is 5.95 Å². The lowest BCUT2D eigenvalue weighted by molar-refractivity contribution is -0.117. The van der Waals surface area contributed by atoms with E-state index in [0.717, 1.165) is 22.3 Å². The van der Waals surface area contributed by atoms with Crippen molar-refractivity contribution >= 4 is 32.8 Å². The van der Waals surface area contributed by atoms with Gasteiger partial charge in [-0.3, -0.25) is 4.79 Å². The second kappa shape index (κ2) is 10.7. The minimum atomic E-state index is -2.87. The molecule has 0 saturated heterocycles. The number of nitrogens with zero attached hydrogens (tertiary/aromatic N) is 3. The van der Waals surface area contributed by atoms with Gasteiger partial charge in [-0.25, -0.2) is 17.9 Å². The molecule has 2 heterocycles. The average molecular weight is 544 g/mol. The predicted molar refractivity (Wildman–Crippen MR) is 149 cm³/mol. The van der Waals surface area contributed by atoms with Crippen molar-refractivity contribution in [3.63, 3.8) is 0 Å². The van der Waals surface area contributed by atoms with E-state index in [2.05, 4.69) is 15.4 Å². The lowest BCUT2D eigenvalue weighted by atomic mass is 10.0. The van der Waals surface area contributed by atoms with E-state index in [1.807, 2.05) is 42.6 Å². The van der Waals surface area contributed by atoms with Crippen LogP contribution in [0.4, 0.5) is 16.0 Å². The molecule has 0 amide bonds. The molecule has 0 bridgehead atoms. The van der Waals surface area contributed by atoms with Gasteiger partial charge in [0.1, 0.15) is 17.3 Å². The molecule has 0 radical (unpaired) electrons. The first-order valence-electron chi connectivity index (χ1n) is 12.1. The SMILES string of the molecule is COc1cc(S(C)(=N)=O)ccc1Nc1nc2ccc(-c3ccc(CC(=O)Cc4ccc(F)cc4)cc3)cn2n1. The Morgan fingerprint density at radius 3 is 2.26 bits per heavy atom. The third-order valence-corrected chi connectivity index (χ3v) is 7.36. The predicted octanol–water partition coefficient (Wildman–Crippen LogP) is 5.68. The van der Waals surface area contributed by atoms with Gasteiger partial charge >= 0.3 is 0 Å². The van der Waals surface area contributed by atoms with Crippen molar-refractivity contribution in [1.29, 1.82) is 4.78 Å². The van der Waals surface area contributed by atoms with E-state index in [1.54, 1.807) is 34.8 Å². The van der Waals surface area contributed by atoms with E-state index in [0.29, 0.717) is 34.3 Å². The summed E-state index contributed by atoms with van der Waals surface area (Å²) in [6.07, 6.45) is 3.80. The first-order chi connectivity index (χ1) is 18.7. The first kappa shape index (κ1) is 26.1. The number of fused-ring (bicyclic) bond motifs is 1. The van der Waals surface area contributed by atoms with E-state index in [-0.39, 0.29) is 18.0 Å². The number of nitrogens with one attached hydrogen (secondary N) is 2. The summed E-state index contributed by atoms with van der Waals surface area (Å²) in [5, 5.41) is 7.64. The number of pyridine rings is 1. The number of carbonyl (C=O) groups excluding carboxylic acids is 1. The number of ketones is 1. The second-order valence-corrected chi connectivity index (χ2v) is 11.4. The zero-order chi connectivity index (χ0) is 27.6. The zero-order valence-corrected chi connectivity index (χ0v) is 22.2. The van der Waals surface area contributed by atoms with Crippen molar-refractivity contribution in [2.75, 3.05) is 18.7 Å². The lowest BCUT2D eigenvalue weighted by Gasteiger charge is -2.10. The first-order valence-corrected chi connectivity index (χ1v) is 14.1. The minimum Gasteiger partial charge on any atom is -0.495 e. The number of hydrogen-bond acceptors (Lipinski definition) is 7.